The number of non-ortho nitro benzene ring substituents is 1. The van der Waals surface area contributed by atoms with Crippen LogP contribution >= 0.6 is 0 Å². The molecule has 23 heavy (non-hydrogen) atoms. The number of nitrogens with zero attached hydrogens (tertiary/aromatic N) is 1. The minimum absolute atomic E-state index is 0.0441. The minimum atomic E-state index is -0.473. The fraction of sp³-hybridized carbons (Fsp3) is 0.294. The van der Waals surface area contributed by atoms with Gasteiger partial charge in [0.05, 0.1) is 18.1 Å². The van der Waals surface area contributed by atoms with Crippen LogP contribution in [0.4, 0.5) is 5.69 Å². The highest BCUT2D eigenvalue weighted by Crippen LogP contribution is 2.31. The van der Waals surface area contributed by atoms with E-state index in [2.05, 4.69) is 6.92 Å². The van der Waals surface area contributed by atoms with Crippen LogP contribution in [0, 0.1) is 10.1 Å². The quantitative estimate of drug-likeness (QED) is 0.422. The minimum Gasteiger partial charge on any atom is -0.493 e. The van der Waals surface area contributed by atoms with Crippen molar-refractivity contribution in [1.29, 1.82) is 0 Å². The predicted octanol–water partition coefficient (Wildman–Crippen LogP) is 3.62. The van der Waals surface area contributed by atoms with Crippen molar-refractivity contribution in [2.75, 3.05) is 20.3 Å². The van der Waals surface area contributed by atoms with Gasteiger partial charge in [-0.25, -0.2) is 0 Å². The van der Waals surface area contributed by atoms with Gasteiger partial charge in [0.2, 0.25) is 0 Å². The lowest BCUT2D eigenvalue weighted by atomic mass is 10.2. The Hall–Kier alpha value is -2.76. The molecule has 2 rings (SSSR count). The lowest BCUT2D eigenvalue weighted by Gasteiger charge is -2.11. The van der Waals surface area contributed by atoms with Gasteiger partial charge in [-0.05, 0) is 30.2 Å². The van der Waals surface area contributed by atoms with E-state index >= 15 is 0 Å². The maximum atomic E-state index is 10.8. The molecule has 122 valence electrons. The third kappa shape index (κ3) is 4.60. The third-order valence-corrected chi connectivity index (χ3v) is 3.27. The Bertz CT molecular complexity index is 672. The summed E-state index contributed by atoms with van der Waals surface area (Å²) < 4.78 is 16.3. The molecule has 0 aliphatic heterocycles. The average Bonchev–Trinajstić information content (AvgIpc) is 2.58. The number of aryl methyl sites for hydroxylation is 1. The summed E-state index contributed by atoms with van der Waals surface area (Å²) in [5.74, 6) is 1.55. The summed E-state index contributed by atoms with van der Waals surface area (Å²) >= 11 is 0. The summed E-state index contributed by atoms with van der Waals surface area (Å²) in [5, 5.41) is 10.8. The predicted molar refractivity (Wildman–Crippen MR) is 86.5 cm³/mol. The van der Waals surface area contributed by atoms with E-state index in [0.29, 0.717) is 18.1 Å². The van der Waals surface area contributed by atoms with Crippen LogP contribution in [-0.2, 0) is 6.42 Å². The molecule has 0 radical (unpaired) electrons. The first kappa shape index (κ1) is 16.6. The van der Waals surface area contributed by atoms with E-state index in [1.165, 1.54) is 30.9 Å². The summed E-state index contributed by atoms with van der Waals surface area (Å²) in [7, 11) is 1.49. The molecule has 2 aromatic carbocycles. The van der Waals surface area contributed by atoms with Crippen LogP contribution < -0.4 is 14.2 Å². The SMILES string of the molecule is CCc1cccc(OCCOc2cc([N+](=O)[O-])ccc2OC)c1. The van der Waals surface area contributed by atoms with E-state index in [1.807, 2.05) is 24.3 Å². The van der Waals surface area contributed by atoms with Crippen LogP contribution in [0.3, 0.4) is 0 Å². The van der Waals surface area contributed by atoms with Crippen molar-refractivity contribution in [3.05, 3.63) is 58.1 Å². The van der Waals surface area contributed by atoms with Gasteiger partial charge >= 0.3 is 0 Å². The number of nitro benzene ring substituents is 1. The molecule has 2 aromatic rings. The van der Waals surface area contributed by atoms with Crippen molar-refractivity contribution < 1.29 is 19.1 Å². The second-order valence-corrected chi connectivity index (χ2v) is 4.79. The number of nitro groups is 1. The first-order valence-electron chi connectivity index (χ1n) is 7.31. The van der Waals surface area contributed by atoms with Gasteiger partial charge in [0.1, 0.15) is 19.0 Å². The molecular formula is C17H19NO5. The molecule has 0 fully saturated rings. The van der Waals surface area contributed by atoms with Gasteiger partial charge in [-0.1, -0.05) is 19.1 Å². The first-order valence-corrected chi connectivity index (χ1v) is 7.31. The van der Waals surface area contributed by atoms with E-state index in [-0.39, 0.29) is 12.3 Å². The number of hydrogen-bond donors (Lipinski definition) is 0. The van der Waals surface area contributed by atoms with Crippen molar-refractivity contribution in [1.82, 2.24) is 0 Å². The zero-order valence-electron chi connectivity index (χ0n) is 13.2. The Morgan fingerprint density at radius 3 is 2.52 bits per heavy atom. The lowest BCUT2D eigenvalue weighted by Crippen LogP contribution is -2.09. The van der Waals surface area contributed by atoms with E-state index < -0.39 is 4.92 Å². The lowest BCUT2D eigenvalue weighted by molar-refractivity contribution is -0.385. The molecular weight excluding hydrogens is 298 g/mol. The van der Waals surface area contributed by atoms with Crippen molar-refractivity contribution in [2.45, 2.75) is 13.3 Å². The monoisotopic (exact) mass is 317 g/mol. The summed E-state index contributed by atoms with van der Waals surface area (Å²) in [6, 6.07) is 12.1. The van der Waals surface area contributed by atoms with Crippen LogP contribution in [0.1, 0.15) is 12.5 Å². The standard InChI is InChI=1S/C17H19NO5/c1-3-13-5-4-6-15(11-13)22-9-10-23-17-12-14(18(19)20)7-8-16(17)21-2/h4-8,11-12H,3,9-10H2,1-2H3. The molecule has 0 aromatic heterocycles. The molecule has 0 unspecified atom stereocenters. The van der Waals surface area contributed by atoms with Gasteiger partial charge in [-0.3, -0.25) is 10.1 Å². The molecule has 0 aliphatic rings. The molecule has 0 spiro atoms. The van der Waals surface area contributed by atoms with Crippen LogP contribution in [0.15, 0.2) is 42.5 Å². The molecule has 0 amide bonds. The molecule has 0 saturated carbocycles. The largest absolute Gasteiger partial charge is 0.493 e. The van der Waals surface area contributed by atoms with Gasteiger partial charge in [0, 0.05) is 6.07 Å². The van der Waals surface area contributed by atoms with Crippen LogP contribution in [0.2, 0.25) is 0 Å². The van der Waals surface area contributed by atoms with Gasteiger partial charge in [-0.2, -0.15) is 0 Å². The molecule has 0 atom stereocenters. The second-order valence-electron chi connectivity index (χ2n) is 4.79. The zero-order valence-corrected chi connectivity index (χ0v) is 13.2. The number of methoxy groups -OCH3 is 1. The number of benzene rings is 2. The Morgan fingerprint density at radius 1 is 1.04 bits per heavy atom. The Balaban J connectivity index is 1.92. The van der Waals surface area contributed by atoms with E-state index in [1.54, 1.807) is 0 Å². The van der Waals surface area contributed by atoms with Crippen molar-refractivity contribution in [2.24, 2.45) is 0 Å². The maximum Gasteiger partial charge on any atom is 0.273 e. The highest BCUT2D eigenvalue weighted by Gasteiger charge is 2.12. The third-order valence-electron chi connectivity index (χ3n) is 3.27. The Kier molecular flexibility index (Phi) is 5.80. The molecule has 0 saturated heterocycles. The molecule has 6 nitrogen and oxygen atoms in total. The zero-order chi connectivity index (χ0) is 16.7. The Labute approximate surface area is 134 Å². The molecule has 0 bridgehead atoms. The topological polar surface area (TPSA) is 70.8 Å². The van der Waals surface area contributed by atoms with Crippen LogP contribution in [0.5, 0.6) is 17.2 Å². The van der Waals surface area contributed by atoms with Gasteiger partial charge < -0.3 is 14.2 Å². The number of hydrogen-bond acceptors (Lipinski definition) is 5. The van der Waals surface area contributed by atoms with E-state index in [9.17, 15) is 10.1 Å². The molecule has 6 heteroatoms. The number of rotatable bonds is 8. The normalized spacial score (nSPS) is 10.2. The summed E-state index contributed by atoms with van der Waals surface area (Å²) in [6.45, 7) is 2.67. The fourth-order valence-corrected chi connectivity index (χ4v) is 2.06. The average molecular weight is 317 g/mol. The maximum absolute atomic E-state index is 10.8. The highest BCUT2D eigenvalue weighted by molar-refractivity contribution is 5.48. The molecule has 0 aliphatic carbocycles. The van der Waals surface area contributed by atoms with Gasteiger partial charge in [0.25, 0.3) is 5.69 Å². The van der Waals surface area contributed by atoms with Crippen molar-refractivity contribution in [3.63, 3.8) is 0 Å². The summed E-state index contributed by atoms with van der Waals surface area (Å²) in [4.78, 5) is 10.3. The fourth-order valence-electron chi connectivity index (χ4n) is 2.06. The molecule has 0 heterocycles. The smallest absolute Gasteiger partial charge is 0.273 e. The van der Waals surface area contributed by atoms with Crippen LogP contribution in [0.25, 0.3) is 0 Å². The van der Waals surface area contributed by atoms with Crippen molar-refractivity contribution >= 4 is 5.69 Å². The van der Waals surface area contributed by atoms with E-state index in [4.69, 9.17) is 14.2 Å². The summed E-state index contributed by atoms with van der Waals surface area (Å²) in [6.07, 6.45) is 0.943. The summed E-state index contributed by atoms with van der Waals surface area (Å²) in [5.41, 5.74) is 1.15. The Morgan fingerprint density at radius 2 is 1.83 bits per heavy atom. The number of ether oxygens (including phenoxy) is 3. The van der Waals surface area contributed by atoms with E-state index in [0.717, 1.165) is 12.2 Å². The van der Waals surface area contributed by atoms with Crippen LogP contribution in [-0.4, -0.2) is 25.2 Å². The van der Waals surface area contributed by atoms with Gasteiger partial charge in [0.15, 0.2) is 11.5 Å². The first-order chi connectivity index (χ1) is 11.1. The second kappa shape index (κ2) is 8.03. The highest BCUT2D eigenvalue weighted by atomic mass is 16.6. The molecule has 0 N–H and O–H groups in total. The van der Waals surface area contributed by atoms with Gasteiger partial charge in [-0.15, -0.1) is 0 Å². The van der Waals surface area contributed by atoms with Crippen molar-refractivity contribution in [3.8, 4) is 17.2 Å².